The smallest absolute Gasteiger partial charge is 0.261 e. The zero-order chi connectivity index (χ0) is 11.0. The van der Waals surface area contributed by atoms with Gasteiger partial charge in [-0.3, -0.25) is 9.20 Å². The lowest BCUT2D eigenvalue weighted by molar-refractivity contribution is 0.472. The molecule has 2 rings (SSSR count). The average molecular weight is 204 g/mol. The summed E-state index contributed by atoms with van der Waals surface area (Å²) in [6.07, 6.45) is 3.80. The maximum absolute atomic E-state index is 11.8. The van der Waals surface area contributed by atoms with Crippen LogP contribution in [0.15, 0.2) is 23.3 Å². The van der Waals surface area contributed by atoms with Crippen molar-refractivity contribution in [2.45, 2.75) is 20.3 Å². The highest BCUT2D eigenvalue weighted by Crippen LogP contribution is 2.19. The van der Waals surface area contributed by atoms with Crippen molar-refractivity contribution in [2.75, 3.05) is 0 Å². The van der Waals surface area contributed by atoms with E-state index in [1.165, 1.54) is 10.6 Å². The van der Waals surface area contributed by atoms with Crippen molar-refractivity contribution in [1.29, 1.82) is 0 Å². The lowest BCUT2D eigenvalue weighted by atomic mass is 10.2. The van der Waals surface area contributed by atoms with Gasteiger partial charge in [0, 0.05) is 18.0 Å². The van der Waals surface area contributed by atoms with Gasteiger partial charge < -0.3 is 5.11 Å². The fraction of sp³-hybridized carbons (Fsp3) is 0.273. The fourth-order valence-electron chi connectivity index (χ4n) is 1.51. The van der Waals surface area contributed by atoms with E-state index >= 15 is 0 Å². The number of aromatic hydroxyl groups is 1. The molecule has 0 amide bonds. The summed E-state index contributed by atoms with van der Waals surface area (Å²) in [6.45, 7) is 3.67. The Kier molecular flexibility index (Phi) is 2.19. The van der Waals surface area contributed by atoms with Gasteiger partial charge in [-0.2, -0.15) is 0 Å². The molecule has 0 aromatic carbocycles. The lowest BCUT2D eigenvalue weighted by Crippen LogP contribution is -2.18. The molecule has 1 N–H and O–H groups in total. The summed E-state index contributed by atoms with van der Waals surface area (Å²) in [5.41, 5.74) is 1.57. The van der Waals surface area contributed by atoms with Crippen LogP contribution in [0.2, 0.25) is 0 Å². The molecule has 0 spiro atoms. The number of fused-ring (bicyclic) bond motifs is 1. The van der Waals surface area contributed by atoms with Gasteiger partial charge in [0.25, 0.3) is 5.56 Å². The van der Waals surface area contributed by atoms with Gasteiger partial charge in [-0.25, -0.2) is 4.98 Å². The highest BCUT2D eigenvalue weighted by atomic mass is 16.3. The number of nitrogens with zero attached hydrogens (tertiary/aromatic N) is 2. The summed E-state index contributed by atoms with van der Waals surface area (Å²) >= 11 is 0. The topological polar surface area (TPSA) is 54.6 Å². The molecule has 0 bridgehead atoms. The predicted octanol–water partition coefficient (Wildman–Crippen LogP) is 1.27. The molecular weight excluding hydrogens is 192 g/mol. The number of hydrogen-bond acceptors (Lipinski definition) is 3. The van der Waals surface area contributed by atoms with E-state index in [0.29, 0.717) is 23.2 Å². The van der Waals surface area contributed by atoms with Gasteiger partial charge in [-0.05, 0) is 25.0 Å². The first-order valence-electron chi connectivity index (χ1n) is 4.84. The second-order valence-electron chi connectivity index (χ2n) is 3.48. The van der Waals surface area contributed by atoms with Crippen molar-refractivity contribution in [2.24, 2.45) is 0 Å². The minimum absolute atomic E-state index is 0.0669. The Morgan fingerprint density at radius 1 is 1.53 bits per heavy atom. The largest absolute Gasteiger partial charge is 0.504 e. The SMILES string of the molecule is CCc1cnc2c(O)c(C)ccn2c1=O. The second kappa shape index (κ2) is 3.38. The Hall–Kier alpha value is -1.84. The molecular formula is C11H12N2O2. The highest BCUT2D eigenvalue weighted by molar-refractivity contribution is 5.56. The summed E-state index contributed by atoms with van der Waals surface area (Å²) in [6, 6.07) is 1.70. The van der Waals surface area contributed by atoms with Crippen molar-refractivity contribution in [3.63, 3.8) is 0 Å². The molecule has 2 aromatic rings. The number of hydrogen-bond donors (Lipinski definition) is 1. The van der Waals surface area contributed by atoms with Crippen molar-refractivity contribution in [3.8, 4) is 5.75 Å². The van der Waals surface area contributed by atoms with E-state index in [4.69, 9.17) is 0 Å². The maximum Gasteiger partial charge on any atom is 0.261 e. The van der Waals surface area contributed by atoms with Crippen molar-refractivity contribution < 1.29 is 5.11 Å². The molecule has 0 aliphatic heterocycles. The van der Waals surface area contributed by atoms with Crippen molar-refractivity contribution in [1.82, 2.24) is 9.38 Å². The van der Waals surface area contributed by atoms with Crippen LogP contribution >= 0.6 is 0 Å². The van der Waals surface area contributed by atoms with Crippen LogP contribution in [0.25, 0.3) is 5.65 Å². The molecule has 4 heteroatoms. The molecule has 15 heavy (non-hydrogen) atoms. The molecule has 0 atom stereocenters. The van der Waals surface area contributed by atoms with Gasteiger partial charge in [0.05, 0.1) is 0 Å². The molecule has 4 nitrogen and oxygen atoms in total. The van der Waals surface area contributed by atoms with Crippen LogP contribution < -0.4 is 5.56 Å². The fourth-order valence-corrected chi connectivity index (χ4v) is 1.51. The van der Waals surface area contributed by atoms with E-state index < -0.39 is 0 Å². The number of rotatable bonds is 1. The molecule has 0 saturated carbocycles. The molecule has 0 fully saturated rings. The normalized spacial score (nSPS) is 10.8. The van der Waals surface area contributed by atoms with Gasteiger partial charge in [-0.15, -0.1) is 0 Å². The monoisotopic (exact) mass is 204 g/mol. The standard InChI is InChI=1S/C11H12N2O2/c1-3-8-6-12-10-9(14)7(2)4-5-13(10)11(8)15/h4-6,14H,3H2,1-2H3. The summed E-state index contributed by atoms with van der Waals surface area (Å²) in [4.78, 5) is 15.9. The molecule has 0 radical (unpaired) electrons. The first-order chi connectivity index (χ1) is 7.15. The van der Waals surface area contributed by atoms with E-state index in [0.717, 1.165) is 0 Å². The molecule has 2 aromatic heterocycles. The van der Waals surface area contributed by atoms with Gasteiger partial charge in [-0.1, -0.05) is 6.92 Å². The van der Waals surface area contributed by atoms with Crippen molar-refractivity contribution in [3.05, 3.63) is 39.9 Å². The van der Waals surface area contributed by atoms with Crippen LogP contribution in [0, 0.1) is 6.92 Å². The molecule has 0 unspecified atom stereocenters. The van der Waals surface area contributed by atoms with Gasteiger partial charge in [0.2, 0.25) is 0 Å². The average Bonchev–Trinajstić information content (AvgIpc) is 2.24. The summed E-state index contributed by atoms with van der Waals surface area (Å²) in [5, 5.41) is 9.72. The van der Waals surface area contributed by atoms with E-state index in [-0.39, 0.29) is 11.3 Å². The summed E-state index contributed by atoms with van der Waals surface area (Å²) < 4.78 is 1.38. The van der Waals surface area contributed by atoms with Crippen LogP contribution in [0.1, 0.15) is 18.1 Å². The third kappa shape index (κ3) is 1.38. The van der Waals surface area contributed by atoms with E-state index in [1.807, 2.05) is 6.92 Å². The van der Waals surface area contributed by atoms with Crippen LogP contribution in [0.4, 0.5) is 0 Å². The van der Waals surface area contributed by atoms with Crippen molar-refractivity contribution >= 4 is 5.65 Å². The Morgan fingerprint density at radius 2 is 2.27 bits per heavy atom. The molecule has 0 aliphatic rings. The van der Waals surface area contributed by atoms with Crippen LogP contribution in [-0.2, 0) is 6.42 Å². The third-order valence-corrected chi connectivity index (χ3v) is 2.50. The number of aromatic nitrogens is 2. The van der Waals surface area contributed by atoms with E-state index in [1.54, 1.807) is 19.2 Å². The lowest BCUT2D eigenvalue weighted by Gasteiger charge is -2.05. The number of pyridine rings is 1. The Labute approximate surface area is 86.8 Å². The van der Waals surface area contributed by atoms with Crippen LogP contribution in [0.3, 0.4) is 0 Å². The Morgan fingerprint density at radius 3 is 2.93 bits per heavy atom. The molecule has 2 heterocycles. The zero-order valence-corrected chi connectivity index (χ0v) is 8.69. The van der Waals surface area contributed by atoms with Gasteiger partial charge >= 0.3 is 0 Å². The Bertz CT molecular complexity index is 573. The highest BCUT2D eigenvalue weighted by Gasteiger charge is 2.07. The van der Waals surface area contributed by atoms with E-state index in [2.05, 4.69) is 4.98 Å². The first kappa shape index (κ1) is 9.71. The summed E-state index contributed by atoms with van der Waals surface area (Å²) in [5.74, 6) is 0.0669. The van der Waals surface area contributed by atoms with Crippen LogP contribution in [0.5, 0.6) is 5.75 Å². The van der Waals surface area contributed by atoms with Gasteiger partial charge in [0.1, 0.15) is 0 Å². The van der Waals surface area contributed by atoms with Crippen LogP contribution in [-0.4, -0.2) is 14.5 Å². The maximum atomic E-state index is 11.8. The predicted molar refractivity (Wildman–Crippen MR) is 57.2 cm³/mol. The molecule has 78 valence electrons. The molecule has 0 saturated heterocycles. The zero-order valence-electron chi connectivity index (χ0n) is 8.69. The second-order valence-corrected chi connectivity index (χ2v) is 3.48. The first-order valence-corrected chi connectivity index (χ1v) is 4.84. The third-order valence-electron chi connectivity index (χ3n) is 2.50. The number of aryl methyl sites for hydroxylation is 2. The minimum Gasteiger partial charge on any atom is -0.504 e. The van der Waals surface area contributed by atoms with E-state index in [9.17, 15) is 9.90 Å². The Balaban J connectivity index is 2.92. The minimum atomic E-state index is -0.113. The molecule has 0 aliphatic carbocycles. The van der Waals surface area contributed by atoms with Gasteiger partial charge in [0.15, 0.2) is 11.4 Å². The summed E-state index contributed by atoms with van der Waals surface area (Å²) in [7, 11) is 0. The quantitative estimate of drug-likeness (QED) is 0.761.